The average molecular weight is 550 g/mol. The number of anilines is 2. The van der Waals surface area contributed by atoms with E-state index in [1.807, 2.05) is 6.07 Å². The topological polar surface area (TPSA) is 100 Å². The summed E-state index contributed by atoms with van der Waals surface area (Å²) in [7, 11) is 1.42. The third kappa shape index (κ3) is 3.88. The number of alkyl halides is 1. The second-order valence-corrected chi connectivity index (χ2v) is 10.3. The SMILES string of the molecule is COc1c(F)cccc1Nc1c2[nH]c3c1C(=O)NC(C3)[I-]NCCCOc1cnccc1-2. The molecule has 3 aromatic rings. The minimum absolute atomic E-state index is 0.0791. The van der Waals surface area contributed by atoms with Crippen molar-refractivity contribution in [2.24, 2.45) is 0 Å². The summed E-state index contributed by atoms with van der Waals surface area (Å²) in [4.78, 5) is 20.8. The second-order valence-electron chi connectivity index (χ2n) is 7.39. The molecule has 0 radical (unpaired) electrons. The molecule has 10 heteroatoms. The standard InChI is InChI=1S/C22H22FIN5O3/c1-31-21-13(23)4-2-5-14(21)27-20-18-15-10-17(29-22(18)30)24-26-7-3-9-32-16-11-25-8-6-12(16)19(20)28-15/h2,4-6,8,11,17,26-28H,3,7,9-10H2,1H3,(H,29,30)/q-1. The normalized spacial score (nSPS) is 18.1. The summed E-state index contributed by atoms with van der Waals surface area (Å²) in [5.74, 6) is 0.0509. The van der Waals surface area contributed by atoms with Gasteiger partial charge in [0.05, 0.1) is 0 Å². The Morgan fingerprint density at radius 2 is 2.25 bits per heavy atom. The van der Waals surface area contributed by atoms with Crippen molar-refractivity contribution in [1.82, 2.24) is 18.8 Å². The van der Waals surface area contributed by atoms with Crippen LogP contribution < -0.4 is 45.1 Å². The maximum absolute atomic E-state index is 14.3. The fourth-order valence-corrected chi connectivity index (χ4v) is 6.24. The van der Waals surface area contributed by atoms with E-state index in [0.29, 0.717) is 41.4 Å². The minimum atomic E-state index is -0.487. The predicted molar refractivity (Wildman–Crippen MR) is 113 cm³/mol. The van der Waals surface area contributed by atoms with Crippen molar-refractivity contribution in [2.45, 2.75) is 16.9 Å². The monoisotopic (exact) mass is 550 g/mol. The summed E-state index contributed by atoms with van der Waals surface area (Å²) in [5, 5.41) is 6.39. The molecule has 1 unspecified atom stereocenters. The van der Waals surface area contributed by atoms with Gasteiger partial charge in [-0.25, -0.2) is 0 Å². The maximum atomic E-state index is 14.3. The average Bonchev–Trinajstić information content (AvgIpc) is 3.15. The molecule has 1 amide bonds. The third-order valence-electron chi connectivity index (χ3n) is 5.34. The Labute approximate surface area is 194 Å². The van der Waals surface area contributed by atoms with Crippen LogP contribution in [0.2, 0.25) is 0 Å². The Balaban J connectivity index is 1.69. The van der Waals surface area contributed by atoms with Crippen LogP contribution in [-0.4, -0.2) is 40.2 Å². The zero-order chi connectivity index (χ0) is 22.1. The fraction of sp³-hybridized carbons (Fsp3) is 0.273. The number of amides is 1. The van der Waals surface area contributed by atoms with E-state index in [9.17, 15) is 9.18 Å². The number of fused-ring (bicyclic) bond motifs is 4. The zero-order valence-corrected chi connectivity index (χ0v) is 19.5. The van der Waals surface area contributed by atoms with Gasteiger partial charge in [-0.2, -0.15) is 0 Å². The fourth-order valence-electron chi connectivity index (χ4n) is 3.91. The van der Waals surface area contributed by atoms with Crippen molar-refractivity contribution >= 4 is 17.3 Å². The van der Waals surface area contributed by atoms with Crippen molar-refractivity contribution in [1.29, 1.82) is 0 Å². The van der Waals surface area contributed by atoms with E-state index >= 15 is 0 Å². The molecule has 2 aromatic heterocycles. The summed E-state index contributed by atoms with van der Waals surface area (Å²) < 4.78 is 29.2. The molecular weight excluding hydrogens is 528 g/mol. The molecular formula is C22H22FIN5O3-. The van der Waals surface area contributed by atoms with Gasteiger partial charge in [-0.05, 0) is 0 Å². The van der Waals surface area contributed by atoms with Crippen molar-refractivity contribution in [3.63, 3.8) is 0 Å². The van der Waals surface area contributed by atoms with Gasteiger partial charge in [-0.1, -0.05) is 0 Å². The van der Waals surface area contributed by atoms with Gasteiger partial charge >= 0.3 is 195 Å². The number of hydrogen-bond acceptors (Lipinski definition) is 6. The Kier molecular flexibility index (Phi) is 5.87. The first-order chi connectivity index (χ1) is 15.7. The molecule has 4 N–H and O–H groups in total. The van der Waals surface area contributed by atoms with E-state index in [4.69, 9.17) is 9.47 Å². The number of H-pyrrole nitrogens is 1. The number of carbonyl (C=O) groups is 1. The van der Waals surface area contributed by atoms with E-state index in [0.717, 1.165) is 24.2 Å². The Bertz CT molecular complexity index is 1170. The summed E-state index contributed by atoms with van der Waals surface area (Å²) >= 11 is -0.428. The number of rotatable bonds is 3. The molecule has 32 heavy (non-hydrogen) atoms. The van der Waals surface area contributed by atoms with Gasteiger partial charge in [0.2, 0.25) is 0 Å². The first-order valence-electron chi connectivity index (χ1n) is 10.2. The van der Waals surface area contributed by atoms with Gasteiger partial charge < -0.3 is 0 Å². The molecule has 0 spiro atoms. The van der Waals surface area contributed by atoms with Gasteiger partial charge in [0, 0.05) is 0 Å². The van der Waals surface area contributed by atoms with Crippen LogP contribution in [0.25, 0.3) is 11.3 Å². The molecule has 2 aliphatic heterocycles. The molecule has 0 aliphatic carbocycles. The molecule has 0 fully saturated rings. The quantitative estimate of drug-likeness (QED) is 0.158. The molecule has 0 saturated carbocycles. The van der Waals surface area contributed by atoms with Crippen molar-refractivity contribution in [3.8, 4) is 22.8 Å². The zero-order valence-electron chi connectivity index (χ0n) is 17.3. The van der Waals surface area contributed by atoms with Crippen LogP contribution in [0.4, 0.5) is 15.8 Å². The molecule has 168 valence electrons. The van der Waals surface area contributed by atoms with Crippen molar-refractivity contribution in [3.05, 3.63) is 53.7 Å². The molecule has 1 aromatic carbocycles. The van der Waals surface area contributed by atoms with E-state index in [1.54, 1.807) is 24.5 Å². The number of carbonyl (C=O) groups excluding carboxylic acids is 1. The van der Waals surface area contributed by atoms with E-state index < -0.39 is 27.3 Å². The molecule has 3 bridgehead atoms. The number of nitrogens with one attached hydrogen (secondary N) is 4. The molecule has 8 nitrogen and oxygen atoms in total. The van der Waals surface area contributed by atoms with Crippen molar-refractivity contribution < 1.29 is 40.1 Å². The van der Waals surface area contributed by atoms with Crippen LogP contribution in [-0.2, 0) is 6.42 Å². The van der Waals surface area contributed by atoms with Crippen molar-refractivity contribution in [2.75, 3.05) is 25.6 Å². The second kappa shape index (κ2) is 8.94. The van der Waals surface area contributed by atoms with E-state index in [2.05, 4.69) is 24.1 Å². The molecule has 1 atom stereocenters. The summed E-state index contributed by atoms with van der Waals surface area (Å²) in [5.41, 5.74) is 3.82. The Hall–Kier alpha value is -2.86. The van der Waals surface area contributed by atoms with Crippen LogP contribution in [0.3, 0.4) is 0 Å². The van der Waals surface area contributed by atoms with E-state index in [-0.39, 0.29) is 15.7 Å². The number of nitrogens with zero attached hydrogens (tertiary/aromatic N) is 1. The third-order valence-corrected chi connectivity index (χ3v) is 7.83. The van der Waals surface area contributed by atoms with Gasteiger partial charge in [0.25, 0.3) is 0 Å². The predicted octanol–water partition coefficient (Wildman–Crippen LogP) is -0.0439. The Morgan fingerprint density at radius 3 is 3.12 bits per heavy atom. The Morgan fingerprint density at radius 1 is 1.34 bits per heavy atom. The van der Waals surface area contributed by atoms with Crippen LogP contribution >= 0.6 is 0 Å². The summed E-state index contributed by atoms with van der Waals surface area (Å²) in [6.45, 7) is 1.39. The number of aromatic nitrogens is 2. The van der Waals surface area contributed by atoms with Gasteiger partial charge in [-0.15, -0.1) is 0 Å². The van der Waals surface area contributed by atoms with E-state index in [1.165, 1.54) is 13.2 Å². The van der Waals surface area contributed by atoms with Gasteiger partial charge in [-0.3, -0.25) is 0 Å². The number of methoxy groups -OCH3 is 1. The number of ether oxygens (including phenoxy) is 2. The summed E-state index contributed by atoms with van der Waals surface area (Å²) in [6.07, 6.45) is 4.89. The first-order valence-corrected chi connectivity index (χ1v) is 12.6. The summed E-state index contributed by atoms with van der Waals surface area (Å²) in [6, 6.07) is 6.49. The molecule has 4 heterocycles. The van der Waals surface area contributed by atoms with Gasteiger partial charge in [0.1, 0.15) is 0 Å². The first kappa shape index (κ1) is 21.0. The van der Waals surface area contributed by atoms with Gasteiger partial charge in [0.15, 0.2) is 0 Å². The van der Waals surface area contributed by atoms with Crippen LogP contribution in [0, 0.1) is 5.82 Å². The molecule has 0 saturated heterocycles. The molecule has 5 rings (SSSR count). The number of benzene rings is 1. The molecule has 2 aliphatic rings. The van der Waals surface area contributed by atoms with Crippen LogP contribution in [0.5, 0.6) is 11.5 Å². The number of para-hydroxylation sites is 1. The van der Waals surface area contributed by atoms with Crippen LogP contribution in [0.15, 0.2) is 36.7 Å². The number of hydrogen-bond donors (Lipinski definition) is 4. The number of pyridine rings is 1. The number of halogens is 2. The number of aromatic amines is 1. The van der Waals surface area contributed by atoms with Crippen LogP contribution in [0.1, 0.15) is 22.5 Å².